The van der Waals surface area contributed by atoms with Crippen molar-refractivity contribution in [2.45, 2.75) is 37.8 Å². The Morgan fingerprint density at radius 3 is 2.48 bits per heavy atom. The summed E-state index contributed by atoms with van der Waals surface area (Å²) in [6.07, 6.45) is 3.24. The summed E-state index contributed by atoms with van der Waals surface area (Å²) in [5.74, 6) is -0.0880. The highest BCUT2D eigenvalue weighted by Crippen LogP contribution is 2.29. The van der Waals surface area contributed by atoms with Gasteiger partial charge in [0.25, 0.3) is 0 Å². The summed E-state index contributed by atoms with van der Waals surface area (Å²) >= 11 is 0. The molecule has 0 aromatic heterocycles. The fourth-order valence-electron chi connectivity index (χ4n) is 3.32. The van der Waals surface area contributed by atoms with Gasteiger partial charge in [-0.05, 0) is 25.5 Å². The van der Waals surface area contributed by atoms with Gasteiger partial charge in [-0.1, -0.05) is 43.2 Å². The number of rotatable bonds is 10. The number of urea groups is 1. The van der Waals surface area contributed by atoms with Crippen LogP contribution >= 0.6 is 0 Å². The average molecular weight is 377 g/mol. The highest BCUT2D eigenvalue weighted by molar-refractivity contribution is 5.91. The molecule has 0 saturated heterocycles. The monoisotopic (exact) mass is 376 g/mol. The predicted molar refractivity (Wildman–Crippen MR) is 105 cm³/mol. The van der Waals surface area contributed by atoms with Crippen LogP contribution in [0.4, 0.5) is 4.79 Å². The lowest BCUT2D eigenvalue weighted by atomic mass is 9.96. The Morgan fingerprint density at radius 1 is 1.11 bits per heavy atom. The van der Waals surface area contributed by atoms with Gasteiger partial charge in [-0.25, -0.2) is 4.79 Å². The third kappa shape index (κ3) is 6.84. The van der Waals surface area contributed by atoms with Gasteiger partial charge in [-0.2, -0.15) is 0 Å². The third-order valence-electron chi connectivity index (χ3n) is 5.00. The SMILES string of the molecule is COCCN(C)CCNC(=O)C1(NC(=O)NCc2ccccc2)CCCC1. The average Bonchev–Trinajstić information content (AvgIpc) is 3.15. The van der Waals surface area contributed by atoms with Crippen molar-refractivity contribution in [1.82, 2.24) is 20.9 Å². The molecule has 0 radical (unpaired) electrons. The van der Waals surface area contributed by atoms with Crippen molar-refractivity contribution in [2.24, 2.45) is 0 Å². The molecule has 0 bridgehead atoms. The second-order valence-electron chi connectivity index (χ2n) is 7.13. The van der Waals surface area contributed by atoms with Gasteiger partial charge in [0.2, 0.25) is 5.91 Å². The first kappa shape index (κ1) is 21.2. The van der Waals surface area contributed by atoms with Crippen LogP contribution in [-0.4, -0.2) is 62.8 Å². The smallest absolute Gasteiger partial charge is 0.315 e. The number of hydrogen-bond acceptors (Lipinski definition) is 4. The molecular formula is C20H32N4O3. The van der Waals surface area contributed by atoms with Crippen molar-refractivity contribution in [1.29, 1.82) is 0 Å². The topological polar surface area (TPSA) is 82.7 Å². The first-order valence-electron chi connectivity index (χ1n) is 9.61. The second kappa shape index (κ2) is 10.9. The Morgan fingerprint density at radius 2 is 1.81 bits per heavy atom. The molecule has 7 nitrogen and oxygen atoms in total. The molecule has 7 heteroatoms. The minimum atomic E-state index is -0.800. The molecule has 0 spiro atoms. The molecule has 1 aromatic carbocycles. The molecule has 3 N–H and O–H groups in total. The fourth-order valence-corrected chi connectivity index (χ4v) is 3.32. The summed E-state index contributed by atoms with van der Waals surface area (Å²) in [4.78, 5) is 27.2. The molecular weight excluding hydrogens is 344 g/mol. The van der Waals surface area contributed by atoms with Crippen molar-refractivity contribution >= 4 is 11.9 Å². The summed E-state index contributed by atoms with van der Waals surface area (Å²) in [6, 6.07) is 9.42. The molecule has 0 unspecified atom stereocenters. The van der Waals surface area contributed by atoms with E-state index in [0.717, 1.165) is 31.5 Å². The van der Waals surface area contributed by atoms with Crippen LogP contribution in [-0.2, 0) is 16.1 Å². The predicted octanol–water partition coefficient (Wildman–Crippen LogP) is 1.49. The van der Waals surface area contributed by atoms with E-state index in [0.29, 0.717) is 32.5 Å². The maximum Gasteiger partial charge on any atom is 0.315 e. The van der Waals surface area contributed by atoms with Crippen molar-refractivity contribution in [3.05, 3.63) is 35.9 Å². The molecule has 1 aliphatic carbocycles. The van der Waals surface area contributed by atoms with Crippen LogP contribution in [0.15, 0.2) is 30.3 Å². The lowest BCUT2D eigenvalue weighted by molar-refractivity contribution is -0.127. The van der Waals surface area contributed by atoms with E-state index >= 15 is 0 Å². The molecule has 27 heavy (non-hydrogen) atoms. The Hall–Kier alpha value is -2.12. The van der Waals surface area contributed by atoms with Gasteiger partial charge < -0.3 is 25.6 Å². The largest absolute Gasteiger partial charge is 0.383 e. The van der Waals surface area contributed by atoms with Gasteiger partial charge in [0.1, 0.15) is 5.54 Å². The Labute approximate surface area is 161 Å². The lowest BCUT2D eigenvalue weighted by Gasteiger charge is -2.29. The molecule has 3 amide bonds. The van der Waals surface area contributed by atoms with Gasteiger partial charge in [0, 0.05) is 33.3 Å². The summed E-state index contributed by atoms with van der Waals surface area (Å²) in [5.41, 5.74) is 0.225. The first-order valence-corrected chi connectivity index (χ1v) is 9.61. The van der Waals surface area contributed by atoms with Crippen molar-refractivity contribution in [3.63, 3.8) is 0 Å². The van der Waals surface area contributed by atoms with E-state index in [1.807, 2.05) is 37.4 Å². The van der Waals surface area contributed by atoms with Crippen LogP contribution in [0.25, 0.3) is 0 Å². The zero-order valence-corrected chi connectivity index (χ0v) is 16.4. The zero-order chi connectivity index (χ0) is 19.5. The van der Waals surface area contributed by atoms with Crippen LogP contribution in [0, 0.1) is 0 Å². The number of amides is 3. The maximum atomic E-state index is 12.8. The van der Waals surface area contributed by atoms with Crippen molar-refractivity contribution in [2.75, 3.05) is 40.4 Å². The molecule has 150 valence electrons. The van der Waals surface area contributed by atoms with Gasteiger partial charge in [-0.3, -0.25) is 4.79 Å². The van der Waals surface area contributed by atoms with Crippen LogP contribution in [0.3, 0.4) is 0 Å². The first-order chi connectivity index (χ1) is 13.1. The number of carbonyl (C=O) groups is 2. The minimum absolute atomic E-state index is 0.0880. The molecule has 1 aliphatic rings. The lowest BCUT2D eigenvalue weighted by Crippen LogP contribution is -2.59. The number of nitrogens with one attached hydrogen (secondary N) is 3. The second-order valence-corrected chi connectivity index (χ2v) is 7.13. The molecule has 0 heterocycles. The van der Waals surface area contributed by atoms with E-state index in [9.17, 15) is 9.59 Å². The summed E-state index contributed by atoms with van der Waals surface area (Å²) in [7, 11) is 3.67. The molecule has 2 rings (SSSR count). The molecule has 0 atom stereocenters. The summed E-state index contributed by atoms with van der Waals surface area (Å²) in [5, 5.41) is 8.78. The summed E-state index contributed by atoms with van der Waals surface area (Å²) < 4.78 is 5.05. The van der Waals surface area contributed by atoms with Crippen LogP contribution < -0.4 is 16.0 Å². The molecule has 1 saturated carbocycles. The van der Waals surface area contributed by atoms with Gasteiger partial charge in [0.05, 0.1) is 6.61 Å². The highest BCUT2D eigenvalue weighted by Gasteiger charge is 2.42. The number of methoxy groups -OCH3 is 1. The van der Waals surface area contributed by atoms with Crippen LogP contribution in [0.1, 0.15) is 31.2 Å². The van der Waals surface area contributed by atoms with Crippen LogP contribution in [0.2, 0.25) is 0 Å². The summed E-state index contributed by atoms with van der Waals surface area (Å²) in [6.45, 7) is 3.21. The van der Waals surface area contributed by atoms with Crippen molar-refractivity contribution < 1.29 is 14.3 Å². The highest BCUT2D eigenvalue weighted by atomic mass is 16.5. The normalized spacial score (nSPS) is 15.5. The van der Waals surface area contributed by atoms with Gasteiger partial charge >= 0.3 is 6.03 Å². The number of carbonyl (C=O) groups excluding carboxylic acids is 2. The van der Waals surface area contributed by atoms with Crippen LogP contribution in [0.5, 0.6) is 0 Å². The molecule has 1 fully saturated rings. The number of benzene rings is 1. The Balaban J connectivity index is 1.80. The fraction of sp³-hybridized carbons (Fsp3) is 0.600. The maximum absolute atomic E-state index is 12.8. The molecule has 1 aromatic rings. The number of ether oxygens (including phenoxy) is 1. The minimum Gasteiger partial charge on any atom is -0.383 e. The number of nitrogens with zero attached hydrogens (tertiary/aromatic N) is 1. The van der Waals surface area contributed by atoms with E-state index in [1.165, 1.54) is 0 Å². The Kier molecular flexibility index (Phi) is 8.54. The third-order valence-corrected chi connectivity index (χ3v) is 5.00. The van der Waals surface area contributed by atoms with E-state index in [2.05, 4.69) is 20.9 Å². The van der Waals surface area contributed by atoms with E-state index in [1.54, 1.807) is 7.11 Å². The number of likely N-dealkylation sites (N-methyl/N-ethyl adjacent to an activating group) is 1. The van der Waals surface area contributed by atoms with Gasteiger partial charge in [0.15, 0.2) is 0 Å². The standard InChI is InChI=1S/C20H32N4O3/c1-24(14-15-27-2)13-12-21-18(25)20(10-6-7-11-20)23-19(26)22-16-17-8-4-3-5-9-17/h3-5,8-9H,6-7,10-16H2,1-2H3,(H,21,25)(H2,22,23,26). The molecule has 0 aliphatic heterocycles. The van der Waals surface area contributed by atoms with E-state index in [-0.39, 0.29) is 11.9 Å². The van der Waals surface area contributed by atoms with E-state index in [4.69, 9.17) is 4.74 Å². The Bertz CT molecular complexity index is 588. The van der Waals surface area contributed by atoms with Gasteiger partial charge in [-0.15, -0.1) is 0 Å². The zero-order valence-electron chi connectivity index (χ0n) is 16.4. The quantitative estimate of drug-likeness (QED) is 0.578. The van der Waals surface area contributed by atoms with E-state index < -0.39 is 5.54 Å². The van der Waals surface area contributed by atoms with Crippen molar-refractivity contribution in [3.8, 4) is 0 Å². The number of hydrogen-bond donors (Lipinski definition) is 3.